The largest absolute Gasteiger partial charge is 0.481 e. The number of hydrogen-bond acceptors (Lipinski definition) is 3. The lowest BCUT2D eigenvalue weighted by Gasteiger charge is -2.29. The van der Waals surface area contributed by atoms with E-state index in [9.17, 15) is 4.79 Å². The SMILES string of the molecule is CNC(C)c1cccc(OC(C)C(=O)N2CCCCC2)c1. The van der Waals surface area contributed by atoms with Crippen LogP contribution in [-0.4, -0.2) is 37.0 Å². The molecule has 1 aliphatic heterocycles. The van der Waals surface area contributed by atoms with E-state index < -0.39 is 6.10 Å². The first-order chi connectivity index (χ1) is 10.1. The van der Waals surface area contributed by atoms with E-state index in [2.05, 4.69) is 18.3 Å². The molecule has 1 amide bonds. The highest BCUT2D eigenvalue weighted by Gasteiger charge is 2.23. The third-order valence-electron chi connectivity index (χ3n) is 4.12. The molecule has 21 heavy (non-hydrogen) atoms. The van der Waals surface area contributed by atoms with Gasteiger partial charge in [-0.05, 0) is 57.9 Å². The van der Waals surface area contributed by atoms with Crippen molar-refractivity contribution in [3.8, 4) is 5.75 Å². The third kappa shape index (κ3) is 4.21. The molecular formula is C17H26N2O2. The van der Waals surface area contributed by atoms with E-state index in [4.69, 9.17) is 4.74 Å². The smallest absolute Gasteiger partial charge is 0.263 e. The van der Waals surface area contributed by atoms with Crippen LogP contribution in [0.5, 0.6) is 5.75 Å². The number of nitrogens with one attached hydrogen (secondary N) is 1. The van der Waals surface area contributed by atoms with E-state index in [1.165, 1.54) is 6.42 Å². The number of amides is 1. The summed E-state index contributed by atoms with van der Waals surface area (Å²) in [4.78, 5) is 14.3. The first-order valence-electron chi connectivity index (χ1n) is 7.84. The minimum atomic E-state index is -0.428. The average molecular weight is 290 g/mol. The molecule has 1 fully saturated rings. The van der Waals surface area contributed by atoms with Gasteiger partial charge in [0.05, 0.1) is 0 Å². The van der Waals surface area contributed by atoms with Gasteiger partial charge in [-0.2, -0.15) is 0 Å². The van der Waals surface area contributed by atoms with E-state index in [0.29, 0.717) is 0 Å². The van der Waals surface area contributed by atoms with Crippen LogP contribution in [0.2, 0.25) is 0 Å². The molecule has 1 N–H and O–H groups in total. The van der Waals surface area contributed by atoms with E-state index in [1.807, 2.05) is 37.1 Å². The van der Waals surface area contributed by atoms with Gasteiger partial charge in [0.15, 0.2) is 6.10 Å². The van der Waals surface area contributed by atoms with Crippen molar-refractivity contribution in [2.75, 3.05) is 20.1 Å². The zero-order valence-corrected chi connectivity index (χ0v) is 13.3. The normalized spacial score (nSPS) is 18.1. The first-order valence-corrected chi connectivity index (χ1v) is 7.84. The molecular weight excluding hydrogens is 264 g/mol. The summed E-state index contributed by atoms with van der Waals surface area (Å²) < 4.78 is 5.85. The Kier molecular flexibility index (Phi) is 5.62. The molecule has 1 aliphatic rings. The highest BCUT2D eigenvalue weighted by molar-refractivity contribution is 5.81. The van der Waals surface area contributed by atoms with E-state index >= 15 is 0 Å². The van der Waals surface area contributed by atoms with Crippen LogP contribution >= 0.6 is 0 Å². The Morgan fingerprint density at radius 3 is 2.62 bits per heavy atom. The van der Waals surface area contributed by atoms with Crippen molar-refractivity contribution in [2.24, 2.45) is 0 Å². The quantitative estimate of drug-likeness (QED) is 0.906. The summed E-state index contributed by atoms with van der Waals surface area (Å²) in [5, 5.41) is 3.21. The van der Waals surface area contributed by atoms with Crippen molar-refractivity contribution >= 4 is 5.91 Å². The Labute approximate surface area is 127 Å². The van der Waals surface area contributed by atoms with Crippen LogP contribution in [0.4, 0.5) is 0 Å². The van der Waals surface area contributed by atoms with Crippen molar-refractivity contribution < 1.29 is 9.53 Å². The lowest BCUT2D eigenvalue weighted by atomic mass is 10.1. The van der Waals surface area contributed by atoms with Gasteiger partial charge in [0, 0.05) is 19.1 Å². The molecule has 0 aliphatic carbocycles. The lowest BCUT2D eigenvalue weighted by molar-refractivity contribution is -0.138. The lowest BCUT2D eigenvalue weighted by Crippen LogP contribution is -2.43. The molecule has 2 rings (SSSR count). The fourth-order valence-corrected chi connectivity index (χ4v) is 2.65. The number of benzene rings is 1. The second kappa shape index (κ2) is 7.46. The Bertz CT molecular complexity index is 470. The molecule has 0 bridgehead atoms. The van der Waals surface area contributed by atoms with Crippen molar-refractivity contribution in [3.05, 3.63) is 29.8 Å². The molecule has 0 spiro atoms. The van der Waals surface area contributed by atoms with Crippen LogP contribution in [0.25, 0.3) is 0 Å². The minimum absolute atomic E-state index is 0.0989. The maximum atomic E-state index is 12.4. The van der Waals surface area contributed by atoms with Crippen LogP contribution < -0.4 is 10.1 Å². The molecule has 1 saturated heterocycles. The van der Waals surface area contributed by atoms with Crippen molar-refractivity contribution in [1.82, 2.24) is 10.2 Å². The summed E-state index contributed by atoms with van der Waals surface area (Å²) in [6, 6.07) is 8.20. The molecule has 4 nitrogen and oxygen atoms in total. The second-order valence-corrected chi connectivity index (χ2v) is 5.73. The predicted octanol–water partition coefficient (Wildman–Crippen LogP) is 2.75. The third-order valence-corrected chi connectivity index (χ3v) is 4.12. The highest BCUT2D eigenvalue weighted by Crippen LogP contribution is 2.20. The fourth-order valence-electron chi connectivity index (χ4n) is 2.65. The Morgan fingerprint density at radius 2 is 1.95 bits per heavy atom. The maximum absolute atomic E-state index is 12.4. The van der Waals surface area contributed by atoms with Gasteiger partial charge in [-0.15, -0.1) is 0 Å². The van der Waals surface area contributed by atoms with Crippen LogP contribution in [0.3, 0.4) is 0 Å². The number of nitrogens with zero attached hydrogens (tertiary/aromatic N) is 1. The zero-order chi connectivity index (χ0) is 15.2. The number of piperidine rings is 1. The number of likely N-dealkylation sites (tertiary alicyclic amines) is 1. The van der Waals surface area contributed by atoms with Crippen LogP contribution in [0.15, 0.2) is 24.3 Å². The number of ether oxygens (including phenoxy) is 1. The number of rotatable bonds is 5. The van der Waals surface area contributed by atoms with E-state index in [-0.39, 0.29) is 11.9 Å². The van der Waals surface area contributed by atoms with Crippen LogP contribution in [0, 0.1) is 0 Å². The first kappa shape index (κ1) is 15.8. The van der Waals surface area contributed by atoms with Crippen LogP contribution in [0.1, 0.15) is 44.7 Å². The predicted molar refractivity (Wildman–Crippen MR) is 84.4 cm³/mol. The summed E-state index contributed by atoms with van der Waals surface area (Å²) in [7, 11) is 1.93. The van der Waals surface area contributed by atoms with Crippen molar-refractivity contribution in [3.63, 3.8) is 0 Å². The van der Waals surface area contributed by atoms with Gasteiger partial charge in [0.2, 0.25) is 0 Å². The Hall–Kier alpha value is -1.55. The fraction of sp³-hybridized carbons (Fsp3) is 0.588. The van der Waals surface area contributed by atoms with Crippen molar-refractivity contribution in [1.29, 1.82) is 0 Å². The van der Waals surface area contributed by atoms with Gasteiger partial charge in [-0.1, -0.05) is 12.1 Å². The summed E-state index contributed by atoms with van der Waals surface area (Å²) >= 11 is 0. The monoisotopic (exact) mass is 290 g/mol. The van der Waals surface area contributed by atoms with Crippen LogP contribution in [-0.2, 0) is 4.79 Å². The Balaban J connectivity index is 1.98. The maximum Gasteiger partial charge on any atom is 0.263 e. The summed E-state index contributed by atoms with van der Waals surface area (Å²) in [6.45, 7) is 5.67. The van der Waals surface area contributed by atoms with Gasteiger partial charge < -0.3 is 15.0 Å². The summed E-state index contributed by atoms with van der Waals surface area (Å²) in [5.74, 6) is 0.856. The molecule has 1 heterocycles. The van der Waals surface area contributed by atoms with Gasteiger partial charge in [-0.25, -0.2) is 0 Å². The Morgan fingerprint density at radius 1 is 1.24 bits per heavy atom. The zero-order valence-electron chi connectivity index (χ0n) is 13.3. The molecule has 116 valence electrons. The van der Waals surface area contributed by atoms with E-state index in [0.717, 1.165) is 37.2 Å². The number of carbonyl (C=O) groups excluding carboxylic acids is 1. The minimum Gasteiger partial charge on any atom is -0.481 e. The van der Waals surface area contributed by atoms with Gasteiger partial charge in [0.1, 0.15) is 5.75 Å². The van der Waals surface area contributed by atoms with Gasteiger partial charge in [-0.3, -0.25) is 4.79 Å². The van der Waals surface area contributed by atoms with E-state index in [1.54, 1.807) is 0 Å². The van der Waals surface area contributed by atoms with Crippen molar-refractivity contribution in [2.45, 2.75) is 45.3 Å². The molecule has 0 saturated carbocycles. The molecule has 1 aromatic carbocycles. The highest BCUT2D eigenvalue weighted by atomic mass is 16.5. The number of hydrogen-bond donors (Lipinski definition) is 1. The molecule has 0 aromatic heterocycles. The van der Waals surface area contributed by atoms with Gasteiger partial charge in [0.25, 0.3) is 5.91 Å². The molecule has 2 atom stereocenters. The second-order valence-electron chi connectivity index (χ2n) is 5.73. The average Bonchev–Trinajstić information content (AvgIpc) is 2.54. The van der Waals surface area contributed by atoms with Gasteiger partial charge >= 0.3 is 0 Å². The molecule has 0 radical (unpaired) electrons. The molecule has 1 aromatic rings. The molecule has 2 unspecified atom stereocenters. The summed E-state index contributed by atoms with van der Waals surface area (Å²) in [5.41, 5.74) is 1.16. The number of carbonyl (C=O) groups is 1. The molecule has 4 heteroatoms. The summed E-state index contributed by atoms with van der Waals surface area (Å²) in [6.07, 6.45) is 3.01. The standard InChI is InChI=1S/C17H26N2O2/c1-13(18-3)15-8-7-9-16(12-15)21-14(2)17(20)19-10-5-4-6-11-19/h7-9,12-14,18H,4-6,10-11H2,1-3H3. The topological polar surface area (TPSA) is 41.6 Å².